The second kappa shape index (κ2) is 9.56. The van der Waals surface area contributed by atoms with Crippen molar-refractivity contribution in [2.75, 3.05) is 25.4 Å². The number of alkyl halides is 6. The molecule has 2 aliphatic rings. The van der Waals surface area contributed by atoms with E-state index < -0.39 is 33.9 Å². The number of hydrogen-bond donors (Lipinski definition) is 1. The van der Waals surface area contributed by atoms with Gasteiger partial charge < -0.3 is 5.11 Å². The third-order valence-electron chi connectivity index (χ3n) is 5.69. The molecule has 2 aliphatic heterocycles. The number of carboxylic acids is 1. The summed E-state index contributed by atoms with van der Waals surface area (Å²) < 4.78 is 95.6. The van der Waals surface area contributed by atoms with Crippen LogP contribution in [0.4, 0.5) is 26.3 Å². The maximum absolute atomic E-state index is 12.7. The molecule has 6 nitrogen and oxygen atoms in total. The lowest BCUT2D eigenvalue weighted by molar-refractivity contribution is -0.192. The summed E-state index contributed by atoms with van der Waals surface area (Å²) in [5, 5.41) is 7.12. The van der Waals surface area contributed by atoms with Gasteiger partial charge >= 0.3 is 18.3 Å². The minimum absolute atomic E-state index is 0.0992. The van der Waals surface area contributed by atoms with Crippen molar-refractivity contribution in [3.63, 3.8) is 0 Å². The number of hydrogen-bond acceptors (Lipinski definition) is 4. The minimum Gasteiger partial charge on any atom is -0.475 e. The number of sulfonamides is 1. The molecule has 3 rings (SSSR count). The van der Waals surface area contributed by atoms with Crippen LogP contribution < -0.4 is 0 Å². The van der Waals surface area contributed by atoms with Gasteiger partial charge in [-0.2, -0.15) is 26.3 Å². The van der Waals surface area contributed by atoms with Crippen LogP contribution in [0.25, 0.3) is 0 Å². The Morgan fingerprint density at radius 1 is 1.06 bits per heavy atom. The average Bonchev–Trinajstić information content (AvgIpc) is 3.29. The Morgan fingerprint density at radius 3 is 2.09 bits per heavy atom. The van der Waals surface area contributed by atoms with E-state index in [-0.39, 0.29) is 11.3 Å². The molecule has 2 heterocycles. The van der Waals surface area contributed by atoms with E-state index in [2.05, 4.69) is 4.90 Å². The molecule has 1 spiro atoms. The third kappa shape index (κ3) is 6.35. The minimum atomic E-state index is -5.08. The van der Waals surface area contributed by atoms with E-state index in [0.29, 0.717) is 19.6 Å². The summed E-state index contributed by atoms with van der Waals surface area (Å²) in [7, 11) is -3.20. The fourth-order valence-corrected chi connectivity index (χ4v) is 5.13. The molecule has 0 bridgehead atoms. The van der Waals surface area contributed by atoms with Gasteiger partial charge in [0.15, 0.2) is 0 Å². The van der Waals surface area contributed by atoms with Gasteiger partial charge in [0.2, 0.25) is 10.0 Å². The molecule has 2 saturated heterocycles. The molecule has 0 aromatic heterocycles. The standard InChI is InChI=1S/C17H23F3N2O2S.C2HF3O2/c1-2-25(23,24)22-11-9-16(13-22)8-3-10-21(16)12-14-4-6-15(7-5-14)17(18,19)20;3-2(4,5)1(6)7/h4-7H,2-3,8-13H2,1H3;(H,6,7). The second-order valence-electron chi connectivity index (χ2n) is 7.73. The van der Waals surface area contributed by atoms with E-state index in [0.717, 1.165) is 43.5 Å². The third-order valence-corrected chi connectivity index (χ3v) is 7.52. The van der Waals surface area contributed by atoms with Crippen molar-refractivity contribution >= 4 is 16.0 Å². The van der Waals surface area contributed by atoms with Gasteiger partial charge in [-0.1, -0.05) is 12.1 Å². The highest BCUT2D eigenvalue weighted by atomic mass is 32.2. The fraction of sp³-hybridized carbons (Fsp3) is 0.632. The van der Waals surface area contributed by atoms with Crippen molar-refractivity contribution in [3.05, 3.63) is 35.4 Å². The van der Waals surface area contributed by atoms with Crippen LogP contribution in [0.5, 0.6) is 0 Å². The zero-order valence-electron chi connectivity index (χ0n) is 17.2. The molecule has 0 amide bonds. The van der Waals surface area contributed by atoms with E-state index in [1.165, 1.54) is 12.1 Å². The largest absolute Gasteiger partial charge is 0.490 e. The molecule has 13 heteroatoms. The highest BCUT2D eigenvalue weighted by Crippen LogP contribution is 2.39. The van der Waals surface area contributed by atoms with Crippen molar-refractivity contribution in [2.45, 2.75) is 50.6 Å². The lowest BCUT2D eigenvalue weighted by Crippen LogP contribution is -2.46. The number of likely N-dealkylation sites (tertiary alicyclic amines) is 1. The number of halogens is 6. The number of benzene rings is 1. The van der Waals surface area contributed by atoms with Crippen LogP contribution in [0, 0.1) is 0 Å². The van der Waals surface area contributed by atoms with E-state index in [9.17, 15) is 34.8 Å². The molecule has 0 saturated carbocycles. The summed E-state index contributed by atoms with van der Waals surface area (Å²) in [6, 6.07) is 5.26. The summed E-state index contributed by atoms with van der Waals surface area (Å²) >= 11 is 0. The molecule has 182 valence electrons. The smallest absolute Gasteiger partial charge is 0.475 e. The van der Waals surface area contributed by atoms with Gasteiger partial charge in [-0.15, -0.1) is 0 Å². The number of nitrogens with zero attached hydrogens (tertiary/aromatic N) is 2. The molecule has 1 aromatic rings. The van der Waals surface area contributed by atoms with Gasteiger partial charge in [0, 0.05) is 25.2 Å². The van der Waals surface area contributed by atoms with Crippen LogP contribution in [0.3, 0.4) is 0 Å². The predicted molar refractivity (Wildman–Crippen MR) is 103 cm³/mol. The molecule has 1 aromatic carbocycles. The molecule has 1 N–H and O–H groups in total. The van der Waals surface area contributed by atoms with E-state index in [1.807, 2.05) is 0 Å². The van der Waals surface area contributed by atoms with Crippen LogP contribution in [0.2, 0.25) is 0 Å². The van der Waals surface area contributed by atoms with Crippen LogP contribution in [-0.4, -0.2) is 65.8 Å². The van der Waals surface area contributed by atoms with Crippen LogP contribution >= 0.6 is 0 Å². The lowest BCUT2D eigenvalue weighted by Gasteiger charge is -2.35. The lowest BCUT2D eigenvalue weighted by atomic mass is 9.95. The second-order valence-corrected chi connectivity index (χ2v) is 9.99. The Morgan fingerprint density at radius 2 is 1.62 bits per heavy atom. The number of aliphatic carboxylic acids is 1. The first-order valence-corrected chi connectivity index (χ1v) is 11.4. The van der Waals surface area contributed by atoms with Crippen molar-refractivity contribution in [3.8, 4) is 0 Å². The Labute approximate surface area is 181 Å². The van der Waals surface area contributed by atoms with Gasteiger partial charge in [-0.25, -0.2) is 17.5 Å². The molecule has 0 radical (unpaired) electrons. The zero-order valence-corrected chi connectivity index (χ0v) is 18.0. The Bertz CT molecular complexity index is 902. The van der Waals surface area contributed by atoms with E-state index >= 15 is 0 Å². The van der Waals surface area contributed by atoms with Crippen molar-refractivity contribution in [2.24, 2.45) is 0 Å². The molecule has 1 atom stereocenters. The molecular formula is C19H24F6N2O4S. The van der Waals surface area contributed by atoms with Gasteiger partial charge in [-0.3, -0.25) is 4.90 Å². The summed E-state index contributed by atoms with van der Waals surface area (Å²) in [6.45, 7) is 4.07. The Hall–Kier alpha value is -1.86. The maximum atomic E-state index is 12.7. The number of carboxylic acid groups (broad SMARTS) is 1. The molecule has 32 heavy (non-hydrogen) atoms. The van der Waals surface area contributed by atoms with Crippen LogP contribution in [-0.2, 0) is 27.5 Å². The van der Waals surface area contributed by atoms with Gasteiger partial charge in [0.1, 0.15) is 0 Å². The molecule has 0 aliphatic carbocycles. The SMILES string of the molecule is CCS(=O)(=O)N1CCC2(CCCN2Cc2ccc(C(F)(F)F)cc2)C1.O=C(O)C(F)(F)F. The highest BCUT2D eigenvalue weighted by molar-refractivity contribution is 7.89. The first kappa shape index (κ1) is 26.4. The first-order chi connectivity index (χ1) is 14.6. The van der Waals surface area contributed by atoms with Gasteiger partial charge in [0.05, 0.1) is 11.3 Å². The molecule has 1 unspecified atom stereocenters. The zero-order chi connectivity index (χ0) is 24.4. The van der Waals surface area contributed by atoms with E-state index in [4.69, 9.17) is 9.90 Å². The summed E-state index contributed by atoms with van der Waals surface area (Å²) in [6.07, 6.45) is -6.70. The predicted octanol–water partition coefficient (Wildman–Crippen LogP) is 3.73. The quantitative estimate of drug-likeness (QED) is 0.651. The average molecular weight is 490 g/mol. The van der Waals surface area contributed by atoms with Gasteiger partial charge in [-0.05, 0) is 50.4 Å². The number of rotatable bonds is 4. The molecule has 2 fully saturated rings. The number of carbonyl (C=O) groups is 1. The van der Waals surface area contributed by atoms with Crippen molar-refractivity contribution < 1.29 is 44.7 Å². The Balaban J connectivity index is 0.000000451. The summed E-state index contributed by atoms with van der Waals surface area (Å²) in [4.78, 5) is 11.1. The first-order valence-electron chi connectivity index (χ1n) is 9.80. The monoisotopic (exact) mass is 490 g/mol. The fourth-order valence-electron chi connectivity index (χ4n) is 3.96. The van der Waals surface area contributed by atoms with Crippen molar-refractivity contribution in [1.29, 1.82) is 0 Å². The summed E-state index contributed by atoms with van der Waals surface area (Å²) in [5.41, 5.74) is 0.00447. The van der Waals surface area contributed by atoms with Crippen molar-refractivity contribution in [1.82, 2.24) is 9.21 Å². The van der Waals surface area contributed by atoms with E-state index in [1.54, 1.807) is 11.2 Å². The highest BCUT2D eigenvalue weighted by Gasteiger charge is 2.48. The normalized spacial score (nSPS) is 22.7. The van der Waals surface area contributed by atoms with Crippen LogP contribution in [0.1, 0.15) is 37.3 Å². The Kier molecular flexibility index (Phi) is 7.88. The van der Waals surface area contributed by atoms with Crippen LogP contribution in [0.15, 0.2) is 24.3 Å². The maximum Gasteiger partial charge on any atom is 0.490 e. The topological polar surface area (TPSA) is 77.9 Å². The molecular weight excluding hydrogens is 466 g/mol. The summed E-state index contributed by atoms with van der Waals surface area (Å²) in [5.74, 6) is -2.66. The van der Waals surface area contributed by atoms with Gasteiger partial charge in [0.25, 0.3) is 0 Å².